The number of aromatic nitrogens is 1. The lowest BCUT2D eigenvalue weighted by Crippen LogP contribution is -2.47. The van der Waals surface area contributed by atoms with Crippen molar-refractivity contribution in [3.63, 3.8) is 0 Å². The smallest absolute Gasteiger partial charge is 0.245 e. The third kappa shape index (κ3) is 6.29. The number of likely N-dealkylation sites (N-methyl/N-ethyl adjacent to an activating group) is 1. The molecule has 0 radical (unpaired) electrons. The van der Waals surface area contributed by atoms with Crippen LogP contribution in [0.1, 0.15) is 20.3 Å². The number of hydrogen-bond acceptors (Lipinski definition) is 4. The summed E-state index contributed by atoms with van der Waals surface area (Å²) in [7, 11) is 1.57. The Morgan fingerprint density at radius 2 is 2.09 bits per heavy atom. The molecule has 0 bridgehead atoms. The summed E-state index contributed by atoms with van der Waals surface area (Å²) in [5.41, 5.74) is 5.88. The minimum atomic E-state index is -0.585. The minimum Gasteiger partial charge on any atom is -0.335 e. The molecule has 0 aromatic carbocycles. The second-order valence-corrected chi connectivity index (χ2v) is 5.93. The summed E-state index contributed by atoms with van der Waals surface area (Å²) in [5.74, 6) is -0.0216. The van der Waals surface area contributed by atoms with Gasteiger partial charge in [0.25, 0.3) is 0 Å². The Balaban J connectivity index is 0.00000441. The molecule has 0 aliphatic heterocycles. The molecule has 1 rings (SSSR count). The number of pyridine rings is 1. The van der Waals surface area contributed by atoms with Crippen LogP contribution in [0.25, 0.3) is 0 Å². The van der Waals surface area contributed by atoms with Crippen LogP contribution in [-0.2, 0) is 9.59 Å². The molecule has 0 fully saturated rings. The van der Waals surface area contributed by atoms with Gasteiger partial charge in [-0.25, -0.2) is 4.98 Å². The Bertz CT molecular complexity index is 498. The number of nitrogens with two attached hydrogens (primary N) is 1. The Hall–Kier alpha value is -1.18. The largest absolute Gasteiger partial charge is 0.335 e. The Morgan fingerprint density at radius 3 is 2.59 bits per heavy atom. The zero-order valence-electron chi connectivity index (χ0n) is 12.9. The summed E-state index contributed by atoms with van der Waals surface area (Å²) in [6.45, 7) is 3.84. The number of hydrogen-bond donors (Lipinski definition) is 2. The maximum Gasteiger partial charge on any atom is 0.245 e. The lowest BCUT2D eigenvalue weighted by Gasteiger charge is -2.24. The molecule has 1 heterocycles. The quantitative estimate of drug-likeness (QED) is 0.774. The number of carbonyl (C=O) groups excluding carboxylic acids is 2. The molecular formula is C14H22BrClN4O2. The normalized spacial score (nSPS) is 12.8. The van der Waals surface area contributed by atoms with Gasteiger partial charge in [-0.1, -0.05) is 20.3 Å². The van der Waals surface area contributed by atoms with E-state index in [0.29, 0.717) is 5.82 Å². The number of nitrogens with zero attached hydrogens (tertiary/aromatic N) is 2. The molecule has 6 nitrogen and oxygen atoms in total. The highest BCUT2D eigenvalue weighted by Gasteiger charge is 2.24. The van der Waals surface area contributed by atoms with E-state index >= 15 is 0 Å². The second kappa shape index (κ2) is 9.76. The highest BCUT2D eigenvalue weighted by atomic mass is 79.9. The lowest BCUT2D eigenvalue weighted by atomic mass is 9.99. The van der Waals surface area contributed by atoms with Crippen LogP contribution in [0.5, 0.6) is 0 Å². The third-order valence-corrected chi connectivity index (χ3v) is 3.76. The minimum absolute atomic E-state index is 0. The first kappa shape index (κ1) is 20.8. The number of anilines is 1. The van der Waals surface area contributed by atoms with Crippen molar-refractivity contribution >= 4 is 46.0 Å². The van der Waals surface area contributed by atoms with Gasteiger partial charge in [-0.05, 0) is 34.0 Å². The van der Waals surface area contributed by atoms with Crippen LogP contribution in [0.4, 0.5) is 5.82 Å². The van der Waals surface area contributed by atoms with Gasteiger partial charge in [-0.3, -0.25) is 9.59 Å². The zero-order valence-corrected chi connectivity index (χ0v) is 15.3. The third-order valence-electron chi connectivity index (χ3n) is 3.29. The van der Waals surface area contributed by atoms with Crippen LogP contribution in [-0.4, -0.2) is 41.3 Å². The van der Waals surface area contributed by atoms with E-state index in [1.165, 1.54) is 4.90 Å². The molecule has 1 aromatic heterocycles. The molecule has 124 valence electrons. The van der Waals surface area contributed by atoms with Gasteiger partial charge in [0.15, 0.2) is 0 Å². The van der Waals surface area contributed by atoms with Crippen molar-refractivity contribution in [1.82, 2.24) is 9.88 Å². The topological polar surface area (TPSA) is 88.3 Å². The lowest BCUT2D eigenvalue weighted by molar-refractivity contribution is -0.135. The van der Waals surface area contributed by atoms with E-state index < -0.39 is 6.04 Å². The highest BCUT2D eigenvalue weighted by Crippen LogP contribution is 2.11. The van der Waals surface area contributed by atoms with Crippen molar-refractivity contribution in [2.75, 3.05) is 18.9 Å². The van der Waals surface area contributed by atoms with Crippen molar-refractivity contribution in [1.29, 1.82) is 0 Å². The van der Waals surface area contributed by atoms with E-state index in [1.807, 2.05) is 13.8 Å². The van der Waals surface area contributed by atoms with Crippen LogP contribution < -0.4 is 11.1 Å². The van der Waals surface area contributed by atoms with Gasteiger partial charge in [0.1, 0.15) is 5.82 Å². The van der Waals surface area contributed by atoms with E-state index in [4.69, 9.17) is 5.73 Å². The molecule has 22 heavy (non-hydrogen) atoms. The molecular weight excluding hydrogens is 372 g/mol. The molecule has 0 saturated heterocycles. The van der Waals surface area contributed by atoms with Crippen molar-refractivity contribution in [2.45, 2.75) is 26.3 Å². The molecule has 2 unspecified atom stereocenters. The monoisotopic (exact) mass is 392 g/mol. The van der Waals surface area contributed by atoms with E-state index in [1.54, 1.807) is 25.4 Å². The number of carbonyl (C=O) groups is 2. The molecule has 3 N–H and O–H groups in total. The van der Waals surface area contributed by atoms with E-state index in [9.17, 15) is 9.59 Å². The average Bonchev–Trinajstić information content (AvgIpc) is 2.47. The number of nitrogens with one attached hydrogen (secondary N) is 1. The summed E-state index contributed by atoms with van der Waals surface area (Å²) in [6.07, 6.45) is 2.40. The molecule has 0 saturated carbocycles. The number of amides is 2. The maximum atomic E-state index is 12.1. The maximum absolute atomic E-state index is 12.1. The fraction of sp³-hybridized carbons (Fsp3) is 0.500. The summed E-state index contributed by atoms with van der Waals surface area (Å²) >= 11 is 3.27. The number of rotatable bonds is 6. The van der Waals surface area contributed by atoms with E-state index in [0.717, 1.165) is 10.9 Å². The predicted molar refractivity (Wildman–Crippen MR) is 92.9 cm³/mol. The summed E-state index contributed by atoms with van der Waals surface area (Å²) in [5, 5.41) is 2.63. The van der Waals surface area contributed by atoms with Crippen LogP contribution in [0.3, 0.4) is 0 Å². The molecule has 2 atom stereocenters. The van der Waals surface area contributed by atoms with Gasteiger partial charge in [-0.2, -0.15) is 0 Å². The summed E-state index contributed by atoms with van der Waals surface area (Å²) in [6, 6.07) is 2.86. The predicted octanol–water partition coefficient (Wildman–Crippen LogP) is 2.04. The van der Waals surface area contributed by atoms with Gasteiger partial charge < -0.3 is 16.0 Å². The second-order valence-electron chi connectivity index (χ2n) is 5.02. The fourth-order valence-corrected chi connectivity index (χ4v) is 1.91. The summed E-state index contributed by atoms with van der Waals surface area (Å²) < 4.78 is 0.826. The van der Waals surface area contributed by atoms with E-state index in [2.05, 4.69) is 26.2 Å². The molecule has 0 aliphatic carbocycles. The fourth-order valence-electron chi connectivity index (χ4n) is 1.68. The Kier molecular flexibility index (Phi) is 9.24. The molecule has 0 spiro atoms. The first-order valence-electron chi connectivity index (χ1n) is 6.77. The van der Waals surface area contributed by atoms with Crippen molar-refractivity contribution in [2.24, 2.45) is 11.7 Å². The zero-order chi connectivity index (χ0) is 16.0. The number of halogens is 2. The van der Waals surface area contributed by atoms with Crippen LogP contribution in [0.2, 0.25) is 0 Å². The van der Waals surface area contributed by atoms with Crippen LogP contribution >= 0.6 is 28.3 Å². The first-order chi connectivity index (χ1) is 9.85. The van der Waals surface area contributed by atoms with Gasteiger partial charge in [-0.15, -0.1) is 12.4 Å². The molecule has 1 aromatic rings. The molecule has 0 aliphatic rings. The van der Waals surface area contributed by atoms with Gasteiger partial charge >= 0.3 is 0 Å². The van der Waals surface area contributed by atoms with Gasteiger partial charge in [0.05, 0.1) is 12.6 Å². The molecule has 2 amide bonds. The van der Waals surface area contributed by atoms with Gasteiger partial charge in [0, 0.05) is 17.7 Å². The van der Waals surface area contributed by atoms with Crippen LogP contribution in [0, 0.1) is 5.92 Å². The van der Waals surface area contributed by atoms with E-state index in [-0.39, 0.29) is 36.7 Å². The average molecular weight is 394 g/mol. The SMILES string of the molecule is CCC(C)C(N)C(=O)N(C)CC(=O)Nc1ccc(Br)cn1.Cl. The Morgan fingerprint density at radius 1 is 1.45 bits per heavy atom. The van der Waals surface area contributed by atoms with Crippen molar-refractivity contribution < 1.29 is 9.59 Å². The highest BCUT2D eigenvalue weighted by molar-refractivity contribution is 9.10. The first-order valence-corrected chi connectivity index (χ1v) is 7.56. The van der Waals surface area contributed by atoms with Crippen molar-refractivity contribution in [3.05, 3.63) is 22.8 Å². The summed E-state index contributed by atoms with van der Waals surface area (Å²) in [4.78, 5) is 29.3. The standard InChI is InChI=1S/C14H21BrN4O2.ClH/c1-4-9(2)13(16)14(21)19(3)8-12(20)18-11-6-5-10(15)7-17-11;/h5-7,9,13H,4,8,16H2,1-3H3,(H,17,18,20);1H. The Labute approximate surface area is 145 Å². The van der Waals surface area contributed by atoms with Crippen LogP contribution in [0.15, 0.2) is 22.8 Å². The molecule has 8 heteroatoms. The van der Waals surface area contributed by atoms with Crippen molar-refractivity contribution in [3.8, 4) is 0 Å². The van der Waals surface area contributed by atoms with Gasteiger partial charge in [0.2, 0.25) is 11.8 Å².